The molecule has 2 amide bonds. The number of benzene rings is 1. The molecule has 1 heterocycles. The number of carbonyl (C=O) groups is 2. The molecule has 0 aromatic heterocycles. The molecule has 1 saturated heterocycles. The van der Waals surface area contributed by atoms with Gasteiger partial charge in [0.15, 0.2) is 0 Å². The maximum atomic E-state index is 12.5. The molecule has 136 valence electrons. The lowest BCUT2D eigenvalue weighted by Crippen LogP contribution is -2.35. The smallest absolute Gasteiger partial charge is 0.303 e. The normalized spacial score (nSPS) is 20.8. The van der Waals surface area contributed by atoms with E-state index in [1.54, 1.807) is 12.1 Å². The van der Waals surface area contributed by atoms with Gasteiger partial charge in [0.05, 0.1) is 17.3 Å². The van der Waals surface area contributed by atoms with Crippen LogP contribution in [0.15, 0.2) is 29.2 Å². The number of sulfonamides is 1. The third-order valence-electron chi connectivity index (χ3n) is 4.72. The van der Waals surface area contributed by atoms with Crippen LogP contribution in [0.3, 0.4) is 0 Å². The molecule has 0 N–H and O–H groups in total. The average molecular weight is 383 g/mol. The summed E-state index contributed by atoms with van der Waals surface area (Å²) in [4.78, 5) is 23.2. The molecule has 0 radical (unpaired) electrons. The summed E-state index contributed by atoms with van der Waals surface area (Å²) in [5.74, 6) is -0.266. The lowest BCUT2D eigenvalue weighted by Gasteiger charge is -2.33. The molecule has 1 aromatic rings. The van der Waals surface area contributed by atoms with Crippen LogP contribution in [-0.4, -0.2) is 36.2 Å². The summed E-state index contributed by atoms with van der Waals surface area (Å²) in [6, 6.07) is 5.88. The maximum Gasteiger partial charge on any atom is 0.303 e. The first-order chi connectivity index (χ1) is 11.8. The Kier molecular flexibility index (Phi) is 5.11. The van der Waals surface area contributed by atoms with E-state index in [1.807, 2.05) is 0 Å². The van der Waals surface area contributed by atoms with E-state index in [2.05, 4.69) is 6.92 Å². The largest absolute Gasteiger partial charge is 0.493 e. The molecule has 2 fully saturated rings. The van der Waals surface area contributed by atoms with Crippen LogP contribution in [0.1, 0.15) is 39.0 Å². The highest BCUT2D eigenvalue weighted by atomic mass is 32.2. The second-order valence-electron chi connectivity index (χ2n) is 6.85. The van der Waals surface area contributed by atoms with Crippen LogP contribution >= 0.6 is 11.8 Å². The molecule has 3 rings (SSSR count). The van der Waals surface area contributed by atoms with Gasteiger partial charge in [-0.15, -0.1) is 0 Å². The zero-order valence-corrected chi connectivity index (χ0v) is 15.7. The zero-order chi connectivity index (χ0) is 18.1. The minimum Gasteiger partial charge on any atom is -0.493 e. The molecule has 0 bridgehead atoms. The second-order valence-corrected chi connectivity index (χ2v) is 9.56. The first-order valence-corrected chi connectivity index (χ1v) is 10.7. The molecule has 1 saturated carbocycles. The van der Waals surface area contributed by atoms with E-state index < -0.39 is 21.2 Å². The molecule has 6 nitrogen and oxygen atoms in total. The number of amides is 2. The van der Waals surface area contributed by atoms with Gasteiger partial charge in [-0.1, -0.05) is 37.9 Å². The number of hydrogen-bond donors (Lipinski definition) is 0. The minimum absolute atomic E-state index is 0.0899. The van der Waals surface area contributed by atoms with Crippen LogP contribution in [0.2, 0.25) is 0 Å². The van der Waals surface area contributed by atoms with Gasteiger partial charge in [-0.05, 0) is 37.1 Å². The van der Waals surface area contributed by atoms with Crippen molar-refractivity contribution in [2.45, 2.75) is 43.9 Å². The molecule has 1 aliphatic heterocycles. The van der Waals surface area contributed by atoms with Crippen molar-refractivity contribution in [1.29, 1.82) is 0 Å². The van der Waals surface area contributed by atoms with Crippen molar-refractivity contribution >= 4 is 32.9 Å². The van der Waals surface area contributed by atoms with Gasteiger partial charge in [0.1, 0.15) is 5.75 Å². The summed E-state index contributed by atoms with van der Waals surface area (Å²) >= 11 is 0.695. The van der Waals surface area contributed by atoms with Crippen molar-refractivity contribution in [1.82, 2.24) is 4.31 Å². The van der Waals surface area contributed by atoms with E-state index in [9.17, 15) is 18.0 Å². The highest BCUT2D eigenvalue weighted by Crippen LogP contribution is 2.36. The molecule has 0 spiro atoms. The molecule has 25 heavy (non-hydrogen) atoms. The van der Waals surface area contributed by atoms with E-state index in [4.69, 9.17) is 4.74 Å². The van der Waals surface area contributed by atoms with Crippen molar-refractivity contribution in [2.75, 3.05) is 12.4 Å². The molecule has 0 unspecified atom stereocenters. The van der Waals surface area contributed by atoms with Gasteiger partial charge in [-0.25, -0.2) is 8.42 Å². The van der Waals surface area contributed by atoms with Gasteiger partial charge in [0.2, 0.25) is 0 Å². The summed E-state index contributed by atoms with van der Waals surface area (Å²) in [5.41, 5.74) is 0.161. The fraction of sp³-hybridized carbons (Fsp3) is 0.529. The summed E-state index contributed by atoms with van der Waals surface area (Å²) in [7, 11) is -4.14. The molecule has 8 heteroatoms. The molecule has 1 aromatic carbocycles. The number of carbonyl (C=O) groups excluding carboxylic acids is 2. The van der Waals surface area contributed by atoms with Gasteiger partial charge in [-0.2, -0.15) is 4.31 Å². The third-order valence-corrected chi connectivity index (χ3v) is 7.38. The Morgan fingerprint density at radius 1 is 1.12 bits per heavy atom. The highest BCUT2D eigenvalue weighted by Gasteiger charge is 2.40. The predicted octanol–water partition coefficient (Wildman–Crippen LogP) is 3.42. The standard InChI is InChI=1S/C17H21NO5S2/c1-17(9-3-2-4-10-17)12-23-13-5-7-14(8-6-13)25(21,22)18-15(19)11-24-16(18)20/h5-8H,2-4,9-12H2,1H3. The Labute approximate surface area is 152 Å². The Hall–Kier alpha value is -1.54. The van der Waals surface area contributed by atoms with Gasteiger partial charge < -0.3 is 4.74 Å². The Morgan fingerprint density at radius 2 is 1.76 bits per heavy atom. The van der Waals surface area contributed by atoms with Crippen LogP contribution in [0.5, 0.6) is 5.75 Å². The first kappa shape index (κ1) is 18.3. The molecule has 2 aliphatic rings. The van der Waals surface area contributed by atoms with E-state index in [0.717, 1.165) is 12.8 Å². The quantitative estimate of drug-likeness (QED) is 0.775. The molecule has 0 atom stereocenters. The van der Waals surface area contributed by atoms with Crippen molar-refractivity contribution in [3.63, 3.8) is 0 Å². The fourth-order valence-corrected chi connectivity index (χ4v) is 5.54. The number of ether oxygens (including phenoxy) is 1. The number of rotatable bonds is 5. The van der Waals surface area contributed by atoms with Gasteiger partial charge in [0.25, 0.3) is 15.9 Å². The van der Waals surface area contributed by atoms with E-state index in [1.165, 1.54) is 31.4 Å². The summed E-state index contributed by atoms with van der Waals surface area (Å²) in [6.45, 7) is 2.81. The van der Waals surface area contributed by atoms with Crippen molar-refractivity contribution in [3.8, 4) is 5.75 Å². The van der Waals surface area contributed by atoms with Gasteiger partial charge >= 0.3 is 5.24 Å². The van der Waals surface area contributed by atoms with Crippen LogP contribution in [-0.2, 0) is 14.8 Å². The lowest BCUT2D eigenvalue weighted by molar-refractivity contribution is -0.121. The molecule has 1 aliphatic carbocycles. The monoisotopic (exact) mass is 383 g/mol. The van der Waals surface area contributed by atoms with Crippen molar-refractivity contribution < 1.29 is 22.7 Å². The van der Waals surface area contributed by atoms with E-state index >= 15 is 0 Å². The number of thioether (sulfide) groups is 1. The number of hydrogen-bond acceptors (Lipinski definition) is 6. The fourth-order valence-electron chi connectivity index (χ4n) is 3.20. The number of nitrogens with zero attached hydrogens (tertiary/aromatic N) is 1. The number of imide groups is 1. The zero-order valence-electron chi connectivity index (χ0n) is 14.1. The SMILES string of the molecule is CC1(COc2ccc(S(=O)(=O)N3C(=O)CSC3=O)cc2)CCCCC1. The van der Waals surface area contributed by atoms with E-state index in [-0.39, 0.29) is 16.1 Å². The topological polar surface area (TPSA) is 80.8 Å². The van der Waals surface area contributed by atoms with Crippen LogP contribution in [0.25, 0.3) is 0 Å². The van der Waals surface area contributed by atoms with Gasteiger partial charge in [0, 0.05) is 5.41 Å². The Balaban J connectivity index is 1.69. The van der Waals surface area contributed by atoms with Crippen molar-refractivity contribution in [2.24, 2.45) is 5.41 Å². The summed E-state index contributed by atoms with van der Waals surface area (Å²) in [6.07, 6.45) is 5.97. The minimum atomic E-state index is -4.14. The van der Waals surface area contributed by atoms with E-state index in [0.29, 0.717) is 28.4 Å². The van der Waals surface area contributed by atoms with Gasteiger partial charge in [-0.3, -0.25) is 9.59 Å². The first-order valence-electron chi connectivity index (χ1n) is 8.30. The van der Waals surface area contributed by atoms with Crippen LogP contribution < -0.4 is 4.74 Å². The van der Waals surface area contributed by atoms with Crippen LogP contribution in [0, 0.1) is 5.41 Å². The van der Waals surface area contributed by atoms with Crippen molar-refractivity contribution in [3.05, 3.63) is 24.3 Å². The molecular formula is C17H21NO5S2. The lowest BCUT2D eigenvalue weighted by atomic mass is 9.76. The Bertz CT molecular complexity index is 751. The summed E-state index contributed by atoms with van der Waals surface area (Å²) < 4.78 is 31.1. The predicted molar refractivity (Wildman–Crippen MR) is 95.0 cm³/mol. The van der Waals surface area contributed by atoms with Crippen LogP contribution in [0.4, 0.5) is 4.79 Å². The highest BCUT2D eigenvalue weighted by molar-refractivity contribution is 8.16. The average Bonchev–Trinajstić information content (AvgIpc) is 2.93. The maximum absolute atomic E-state index is 12.5. The second kappa shape index (κ2) is 6.99. The molecular weight excluding hydrogens is 362 g/mol. The third kappa shape index (κ3) is 3.84. The summed E-state index contributed by atoms with van der Waals surface area (Å²) in [5, 5.41) is -0.754. The Morgan fingerprint density at radius 3 is 2.32 bits per heavy atom.